The molecule has 0 aliphatic carbocycles. The van der Waals surface area contributed by atoms with Crippen LogP contribution in [0.15, 0.2) is 33.9 Å². The molecule has 1 aromatic carbocycles. The Hall–Kier alpha value is -2.82. The lowest BCUT2D eigenvalue weighted by atomic mass is 10.3. The molecule has 1 atom stereocenters. The van der Waals surface area contributed by atoms with Gasteiger partial charge in [-0.15, -0.1) is 0 Å². The van der Waals surface area contributed by atoms with Crippen LogP contribution in [0.25, 0.3) is 11.2 Å². The number of H-pyrrole nitrogens is 1. The number of likely N-dealkylation sites (N-methyl/N-ethyl adjacent to an activating group) is 1. The molecule has 166 valence electrons. The third kappa shape index (κ3) is 4.46. The molecule has 0 spiro atoms. The zero-order chi connectivity index (χ0) is 22.1. The van der Waals surface area contributed by atoms with Gasteiger partial charge < -0.3 is 24.2 Å². The van der Waals surface area contributed by atoms with Gasteiger partial charge in [0.2, 0.25) is 5.95 Å². The number of piperazine rings is 1. The number of nitrogens with one attached hydrogen (secondary N) is 1. The van der Waals surface area contributed by atoms with Crippen molar-refractivity contribution in [1.82, 2.24) is 24.0 Å². The minimum atomic E-state index is -0.907. The van der Waals surface area contributed by atoms with Crippen LogP contribution >= 0.6 is 11.6 Å². The second-order valence-electron chi connectivity index (χ2n) is 7.72. The molecule has 0 saturated carbocycles. The zero-order valence-corrected chi connectivity index (χ0v) is 18.2. The molecule has 1 aliphatic rings. The van der Waals surface area contributed by atoms with Gasteiger partial charge in [-0.25, -0.2) is 4.79 Å². The lowest BCUT2D eigenvalue weighted by Gasteiger charge is -2.33. The number of aromatic nitrogens is 4. The predicted molar refractivity (Wildman–Crippen MR) is 118 cm³/mol. The molecule has 0 bridgehead atoms. The van der Waals surface area contributed by atoms with Crippen molar-refractivity contribution >= 4 is 28.7 Å². The molecular formula is C20H25ClN6O4. The minimum absolute atomic E-state index is 0.0210. The van der Waals surface area contributed by atoms with E-state index in [4.69, 9.17) is 16.3 Å². The highest BCUT2D eigenvalue weighted by Gasteiger charge is 2.25. The number of aliphatic hydroxyl groups is 1. The van der Waals surface area contributed by atoms with Gasteiger partial charge in [0.15, 0.2) is 11.2 Å². The third-order valence-electron chi connectivity index (χ3n) is 5.42. The number of anilines is 1. The summed E-state index contributed by atoms with van der Waals surface area (Å²) in [5.74, 6) is 1.14. The van der Waals surface area contributed by atoms with Gasteiger partial charge in [0, 0.05) is 38.2 Å². The molecule has 0 radical (unpaired) electrons. The van der Waals surface area contributed by atoms with E-state index in [1.807, 2.05) is 7.05 Å². The smallest absolute Gasteiger partial charge is 0.329 e. The van der Waals surface area contributed by atoms with Gasteiger partial charge in [-0.2, -0.15) is 4.98 Å². The molecule has 1 aliphatic heterocycles. The Balaban J connectivity index is 1.65. The number of rotatable bonds is 6. The highest BCUT2D eigenvalue weighted by atomic mass is 35.5. The number of aryl methyl sites for hydroxylation is 1. The predicted octanol–water partition coefficient (Wildman–Crippen LogP) is 0.268. The fraction of sp³-hybridized carbons (Fsp3) is 0.450. The van der Waals surface area contributed by atoms with Gasteiger partial charge in [-0.1, -0.05) is 11.6 Å². The SMILES string of the molecule is CN1CCN(c2nc3c(c(=O)[nH]c(=O)n3C)n2C[C@H](O)COc2ccc(Cl)cc2)CC1. The number of nitrogens with zero attached hydrogens (tertiary/aromatic N) is 5. The molecule has 10 nitrogen and oxygen atoms in total. The van der Waals surface area contributed by atoms with E-state index >= 15 is 0 Å². The number of benzene rings is 1. The third-order valence-corrected chi connectivity index (χ3v) is 5.67. The van der Waals surface area contributed by atoms with Gasteiger partial charge in [-0.05, 0) is 31.3 Å². The molecule has 0 unspecified atom stereocenters. The molecule has 2 N–H and O–H groups in total. The van der Waals surface area contributed by atoms with Crippen molar-refractivity contribution in [3.05, 3.63) is 50.1 Å². The second kappa shape index (κ2) is 8.74. The summed E-state index contributed by atoms with van der Waals surface area (Å²) in [7, 11) is 3.61. The highest BCUT2D eigenvalue weighted by molar-refractivity contribution is 6.30. The van der Waals surface area contributed by atoms with E-state index in [0.717, 1.165) is 26.2 Å². The molecule has 2 aromatic heterocycles. The van der Waals surface area contributed by atoms with Crippen molar-refractivity contribution in [1.29, 1.82) is 0 Å². The average molecular weight is 449 g/mol. The van der Waals surface area contributed by atoms with E-state index in [-0.39, 0.29) is 24.3 Å². The maximum atomic E-state index is 12.6. The molecule has 11 heteroatoms. The zero-order valence-electron chi connectivity index (χ0n) is 17.4. The molecule has 1 saturated heterocycles. The number of imidazole rings is 1. The summed E-state index contributed by atoms with van der Waals surface area (Å²) in [5.41, 5.74) is -0.523. The van der Waals surface area contributed by atoms with Crippen molar-refractivity contribution in [2.75, 3.05) is 44.7 Å². The average Bonchev–Trinajstić information content (AvgIpc) is 3.12. The van der Waals surface area contributed by atoms with E-state index in [9.17, 15) is 14.7 Å². The van der Waals surface area contributed by atoms with Crippen molar-refractivity contribution in [2.45, 2.75) is 12.6 Å². The summed E-state index contributed by atoms with van der Waals surface area (Å²) >= 11 is 5.88. The first-order chi connectivity index (χ1) is 14.8. The summed E-state index contributed by atoms with van der Waals surface area (Å²) < 4.78 is 8.64. The molecule has 3 heterocycles. The van der Waals surface area contributed by atoms with E-state index in [1.54, 1.807) is 35.9 Å². The maximum Gasteiger partial charge on any atom is 0.329 e. The molecule has 0 amide bonds. The van der Waals surface area contributed by atoms with Crippen molar-refractivity contribution in [2.24, 2.45) is 7.05 Å². The van der Waals surface area contributed by atoms with Crippen LogP contribution in [0.5, 0.6) is 5.75 Å². The number of halogens is 1. The standard InChI is InChI=1S/C20H25ClN6O4/c1-24-7-9-26(10-8-24)19-22-17-16(18(29)23-20(30)25(17)2)27(19)11-14(28)12-31-15-5-3-13(21)4-6-15/h3-6,14,28H,7-12H2,1-2H3,(H,23,29,30)/t14-/m0/s1. The molecule has 31 heavy (non-hydrogen) atoms. The monoisotopic (exact) mass is 448 g/mol. The number of hydrogen-bond donors (Lipinski definition) is 2. The Morgan fingerprint density at radius 2 is 1.84 bits per heavy atom. The first-order valence-corrected chi connectivity index (χ1v) is 10.4. The Bertz CT molecular complexity index is 1180. The van der Waals surface area contributed by atoms with E-state index in [1.165, 1.54) is 4.57 Å². The Morgan fingerprint density at radius 1 is 1.16 bits per heavy atom. The van der Waals surface area contributed by atoms with E-state index in [2.05, 4.69) is 19.8 Å². The lowest BCUT2D eigenvalue weighted by molar-refractivity contribution is 0.0935. The number of ether oxygens (including phenoxy) is 1. The van der Waals surface area contributed by atoms with Crippen LogP contribution in [0.3, 0.4) is 0 Å². The van der Waals surface area contributed by atoms with Crippen LogP contribution in [0.2, 0.25) is 5.02 Å². The van der Waals surface area contributed by atoms with Crippen LogP contribution in [0.1, 0.15) is 0 Å². The summed E-state index contributed by atoms with van der Waals surface area (Å²) in [6.45, 7) is 3.26. The van der Waals surface area contributed by atoms with Gasteiger partial charge in [-0.3, -0.25) is 14.3 Å². The van der Waals surface area contributed by atoms with Crippen LogP contribution < -0.4 is 20.9 Å². The summed E-state index contributed by atoms with van der Waals surface area (Å²) in [4.78, 5) is 35.9. The fourth-order valence-corrected chi connectivity index (χ4v) is 3.76. The number of fused-ring (bicyclic) bond motifs is 1. The largest absolute Gasteiger partial charge is 0.491 e. The van der Waals surface area contributed by atoms with Crippen molar-refractivity contribution in [3.8, 4) is 5.75 Å². The molecule has 1 fully saturated rings. The van der Waals surface area contributed by atoms with Gasteiger partial charge >= 0.3 is 5.69 Å². The maximum absolute atomic E-state index is 12.6. The molecular weight excluding hydrogens is 424 g/mol. The van der Waals surface area contributed by atoms with Crippen molar-refractivity contribution < 1.29 is 9.84 Å². The van der Waals surface area contributed by atoms with Crippen molar-refractivity contribution in [3.63, 3.8) is 0 Å². The number of aromatic amines is 1. The van der Waals surface area contributed by atoms with Crippen LogP contribution in [0, 0.1) is 0 Å². The first kappa shape index (κ1) is 21.4. The first-order valence-electron chi connectivity index (χ1n) is 10.0. The molecule has 3 aromatic rings. The van der Waals surface area contributed by atoms with E-state index < -0.39 is 17.4 Å². The second-order valence-corrected chi connectivity index (χ2v) is 8.16. The Morgan fingerprint density at radius 3 is 2.52 bits per heavy atom. The Labute approximate surface area is 183 Å². The van der Waals surface area contributed by atoms with E-state index in [0.29, 0.717) is 16.7 Å². The summed E-state index contributed by atoms with van der Waals surface area (Å²) in [5, 5.41) is 11.3. The highest BCUT2D eigenvalue weighted by Crippen LogP contribution is 2.22. The van der Waals surface area contributed by atoms with Crippen LogP contribution in [0.4, 0.5) is 5.95 Å². The van der Waals surface area contributed by atoms with Gasteiger partial charge in [0.25, 0.3) is 5.56 Å². The van der Waals surface area contributed by atoms with Gasteiger partial charge in [0.05, 0.1) is 6.54 Å². The van der Waals surface area contributed by atoms with Gasteiger partial charge in [0.1, 0.15) is 18.5 Å². The van der Waals surface area contributed by atoms with Crippen LogP contribution in [-0.2, 0) is 13.6 Å². The minimum Gasteiger partial charge on any atom is -0.491 e. The Kier molecular flexibility index (Phi) is 6.03. The van der Waals surface area contributed by atoms with Crippen LogP contribution in [-0.4, -0.2) is 75.0 Å². The molecule has 4 rings (SSSR count). The summed E-state index contributed by atoms with van der Waals surface area (Å²) in [6.07, 6.45) is -0.907. The fourth-order valence-electron chi connectivity index (χ4n) is 3.63. The summed E-state index contributed by atoms with van der Waals surface area (Å²) in [6, 6.07) is 6.85. The number of aliphatic hydroxyl groups excluding tert-OH is 1. The topological polar surface area (TPSA) is 109 Å². The lowest BCUT2D eigenvalue weighted by Crippen LogP contribution is -2.45. The quantitative estimate of drug-likeness (QED) is 0.557. The normalized spacial score (nSPS) is 16.1. The number of hydrogen-bond acceptors (Lipinski definition) is 7.